The van der Waals surface area contributed by atoms with Gasteiger partial charge in [0.2, 0.25) is 0 Å². The van der Waals surface area contributed by atoms with E-state index < -0.39 is 6.10 Å². The van der Waals surface area contributed by atoms with E-state index in [9.17, 15) is 5.11 Å². The molecule has 2 rings (SSSR count). The number of aliphatic hydroxyl groups is 1. The average molecular weight is 365 g/mol. The molecule has 0 amide bonds. The Balaban J connectivity index is 1.65. The first-order valence-corrected chi connectivity index (χ1v) is 7.88. The lowest BCUT2D eigenvalue weighted by atomic mass is 10.2. The van der Waals surface area contributed by atoms with E-state index in [1.165, 1.54) is 0 Å². The summed E-state index contributed by atoms with van der Waals surface area (Å²) in [5, 5.41) is 13.6. The van der Waals surface area contributed by atoms with Crippen LogP contribution in [0.15, 0.2) is 22.7 Å². The number of rotatable bonds is 7. The van der Waals surface area contributed by atoms with Crippen LogP contribution in [0.25, 0.3) is 0 Å². The lowest BCUT2D eigenvalue weighted by Gasteiger charge is -2.15. The molecule has 1 fully saturated rings. The Bertz CT molecular complexity index is 427. The van der Waals surface area contributed by atoms with Crippen molar-refractivity contribution < 1.29 is 14.6 Å². The normalized spacial score (nSPS) is 20.1. The minimum atomic E-state index is -0.573. The number of hydrogen-bond acceptors (Lipinski definition) is 4. The van der Waals surface area contributed by atoms with E-state index in [2.05, 4.69) is 21.2 Å². The van der Waals surface area contributed by atoms with Gasteiger partial charge in [-0.25, -0.2) is 0 Å². The van der Waals surface area contributed by atoms with Gasteiger partial charge in [-0.15, -0.1) is 0 Å². The molecule has 2 unspecified atom stereocenters. The Labute approximate surface area is 132 Å². The Hall–Kier alpha value is -0.330. The third kappa shape index (κ3) is 5.22. The second-order valence-corrected chi connectivity index (χ2v) is 6.15. The maximum atomic E-state index is 9.85. The summed E-state index contributed by atoms with van der Waals surface area (Å²) < 4.78 is 11.8. The topological polar surface area (TPSA) is 50.7 Å². The highest BCUT2D eigenvalue weighted by Gasteiger charge is 2.16. The molecule has 0 saturated carbocycles. The second kappa shape index (κ2) is 8.20. The van der Waals surface area contributed by atoms with Gasteiger partial charge in [0.1, 0.15) is 0 Å². The van der Waals surface area contributed by atoms with Crippen LogP contribution in [0.1, 0.15) is 12.8 Å². The molecule has 20 heavy (non-hydrogen) atoms. The summed E-state index contributed by atoms with van der Waals surface area (Å²) in [6, 6.07) is 5.57. The molecule has 1 aliphatic rings. The van der Waals surface area contributed by atoms with E-state index in [4.69, 9.17) is 21.1 Å². The summed E-state index contributed by atoms with van der Waals surface area (Å²) >= 11 is 9.43. The number of halogens is 2. The zero-order valence-electron chi connectivity index (χ0n) is 11.1. The average Bonchev–Trinajstić information content (AvgIpc) is 2.91. The first-order valence-electron chi connectivity index (χ1n) is 6.71. The zero-order chi connectivity index (χ0) is 14.4. The minimum absolute atomic E-state index is 0.191. The molecule has 0 aliphatic carbocycles. The summed E-state index contributed by atoms with van der Waals surface area (Å²) in [6.45, 7) is 2.06. The Morgan fingerprint density at radius 1 is 1.55 bits per heavy atom. The summed E-state index contributed by atoms with van der Waals surface area (Å²) in [4.78, 5) is 0. The van der Waals surface area contributed by atoms with Crippen LogP contribution in [0.4, 0.5) is 5.69 Å². The van der Waals surface area contributed by atoms with E-state index in [0.717, 1.165) is 29.6 Å². The van der Waals surface area contributed by atoms with Gasteiger partial charge >= 0.3 is 0 Å². The third-order valence-corrected chi connectivity index (χ3v) is 3.90. The standard InChI is InChI=1S/C14H19BrClNO3/c15-10-3-4-14(13(16)6-10)17-7-11(18)8-19-9-12-2-1-5-20-12/h3-4,6,11-12,17-18H,1-2,5,7-9H2. The minimum Gasteiger partial charge on any atom is -0.389 e. The van der Waals surface area contributed by atoms with Crippen LogP contribution in [0.3, 0.4) is 0 Å². The van der Waals surface area contributed by atoms with Crippen LogP contribution >= 0.6 is 27.5 Å². The van der Waals surface area contributed by atoms with Crippen LogP contribution in [-0.2, 0) is 9.47 Å². The molecule has 1 aliphatic heterocycles. The Morgan fingerprint density at radius 2 is 2.40 bits per heavy atom. The predicted molar refractivity (Wildman–Crippen MR) is 83.4 cm³/mol. The molecule has 2 N–H and O–H groups in total. The smallest absolute Gasteiger partial charge is 0.0945 e. The van der Waals surface area contributed by atoms with E-state index in [1.54, 1.807) is 0 Å². The van der Waals surface area contributed by atoms with Crippen molar-refractivity contribution in [2.75, 3.05) is 31.7 Å². The van der Waals surface area contributed by atoms with Gasteiger partial charge < -0.3 is 19.9 Å². The maximum absolute atomic E-state index is 9.85. The van der Waals surface area contributed by atoms with Gasteiger partial charge in [0.15, 0.2) is 0 Å². The lowest BCUT2D eigenvalue weighted by Crippen LogP contribution is -2.27. The van der Waals surface area contributed by atoms with Gasteiger partial charge in [-0.1, -0.05) is 27.5 Å². The first kappa shape index (κ1) is 16.0. The molecular weight excluding hydrogens is 346 g/mol. The number of anilines is 1. The van der Waals surface area contributed by atoms with Gasteiger partial charge in [-0.3, -0.25) is 0 Å². The van der Waals surface area contributed by atoms with Gasteiger partial charge in [0, 0.05) is 17.6 Å². The monoisotopic (exact) mass is 363 g/mol. The molecular formula is C14H19BrClNO3. The summed E-state index contributed by atoms with van der Waals surface area (Å²) in [7, 11) is 0. The highest BCUT2D eigenvalue weighted by molar-refractivity contribution is 9.10. The highest BCUT2D eigenvalue weighted by atomic mass is 79.9. The van der Waals surface area contributed by atoms with Crippen LogP contribution in [-0.4, -0.2) is 43.7 Å². The Kier molecular flexibility index (Phi) is 6.58. The van der Waals surface area contributed by atoms with Crippen molar-refractivity contribution in [3.05, 3.63) is 27.7 Å². The maximum Gasteiger partial charge on any atom is 0.0945 e. The molecule has 6 heteroatoms. The number of nitrogens with one attached hydrogen (secondary N) is 1. The highest BCUT2D eigenvalue weighted by Crippen LogP contribution is 2.25. The molecule has 0 aromatic heterocycles. The van der Waals surface area contributed by atoms with E-state index in [1.807, 2.05) is 18.2 Å². The van der Waals surface area contributed by atoms with Crippen molar-refractivity contribution in [1.29, 1.82) is 0 Å². The van der Waals surface area contributed by atoms with Crippen molar-refractivity contribution in [1.82, 2.24) is 0 Å². The number of hydrogen-bond donors (Lipinski definition) is 2. The van der Waals surface area contributed by atoms with Gasteiger partial charge in [0.05, 0.1) is 36.1 Å². The lowest BCUT2D eigenvalue weighted by molar-refractivity contribution is -0.0137. The van der Waals surface area contributed by atoms with Crippen molar-refractivity contribution in [3.8, 4) is 0 Å². The molecule has 1 heterocycles. The van der Waals surface area contributed by atoms with Crippen molar-refractivity contribution in [2.45, 2.75) is 25.0 Å². The van der Waals surface area contributed by atoms with E-state index in [0.29, 0.717) is 24.8 Å². The quantitative estimate of drug-likeness (QED) is 0.781. The summed E-state index contributed by atoms with van der Waals surface area (Å²) in [5.74, 6) is 0. The fraction of sp³-hybridized carbons (Fsp3) is 0.571. The van der Waals surface area contributed by atoms with Crippen LogP contribution in [0.5, 0.6) is 0 Å². The van der Waals surface area contributed by atoms with E-state index in [-0.39, 0.29) is 6.10 Å². The van der Waals surface area contributed by atoms with Crippen molar-refractivity contribution in [3.63, 3.8) is 0 Å². The van der Waals surface area contributed by atoms with Crippen molar-refractivity contribution in [2.24, 2.45) is 0 Å². The van der Waals surface area contributed by atoms with Crippen LogP contribution in [0, 0.1) is 0 Å². The number of aliphatic hydroxyl groups excluding tert-OH is 1. The summed E-state index contributed by atoms with van der Waals surface area (Å²) in [5.41, 5.74) is 0.799. The molecule has 4 nitrogen and oxygen atoms in total. The van der Waals surface area contributed by atoms with Crippen molar-refractivity contribution >= 4 is 33.2 Å². The largest absolute Gasteiger partial charge is 0.389 e. The number of ether oxygens (including phenoxy) is 2. The Morgan fingerprint density at radius 3 is 3.10 bits per heavy atom. The van der Waals surface area contributed by atoms with Crippen LogP contribution in [0.2, 0.25) is 5.02 Å². The third-order valence-electron chi connectivity index (χ3n) is 3.10. The van der Waals surface area contributed by atoms with Gasteiger partial charge in [0.25, 0.3) is 0 Å². The second-order valence-electron chi connectivity index (χ2n) is 4.83. The fourth-order valence-corrected chi connectivity index (χ4v) is 2.77. The fourth-order valence-electron chi connectivity index (χ4n) is 2.03. The first-order chi connectivity index (χ1) is 9.65. The number of benzene rings is 1. The molecule has 0 radical (unpaired) electrons. The molecule has 1 aromatic carbocycles. The molecule has 2 atom stereocenters. The molecule has 1 saturated heterocycles. The summed E-state index contributed by atoms with van der Waals surface area (Å²) in [6.07, 6.45) is 1.76. The molecule has 112 valence electrons. The van der Waals surface area contributed by atoms with Crippen LogP contribution < -0.4 is 5.32 Å². The molecule has 0 spiro atoms. The van der Waals surface area contributed by atoms with Gasteiger partial charge in [-0.2, -0.15) is 0 Å². The van der Waals surface area contributed by atoms with E-state index >= 15 is 0 Å². The van der Waals surface area contributed by atoms with Gasteiger partial charge in [-0.05, 0) is 31.0 Å². The molecule has 0 bridgehead atoms. The zero-order valence-corrected chi connectivity index (χ0v) is 13.5. The predicted octanol–water partition coefficient (Wildman–Crippen LogP) is 3.07. The molecule has 1 aromatic rings. The SMILES string of the molecule is OC(CNc1ccc(Br)cc1Cl)COCC1CCCO1.